The van der Waals surface area contributed by atoms with Gasteiger partial charge in [-0.3, -0.25) is 19.6 Å². The Morgan fingerprint density at radius 3 is 2.48 bits per heavy atom. The standard InChI is InChI=1S/C20H24ClN5O3/c21-16-3-1-2-15(12-16)17-13-18(23-22-17)20(28)26-6-4-25(5-7-26)19(27)14-24-8-10-29-11-9-24/h1-3,12-13H,4-11,14H2,(H,22,23). The monoisotopic (exact) mass is 417 g/mol. The predicted molar refractivity (Wildman–Crippen MR) is 109 cm³/mol. The number of amides is 2. The van der Waals surface area contributed by atoms with E-state index in [1.807, 2.05) is 23.1 Å². The van der Waals surface area contributed by atoms with Crippen LogP contribution in [0.2, 0.25) is 5.02 Å². The molecule has 2 aromatic rings. The van der Waals surface area contributed by atoms with Gasteiger partial charge >= 0.3 is 0 Å². The van der Waals surface area contributed by atoms with Crippen LogP contribution >= 0.6 is 11.6 Å². The molecule has 2 aliphatic heterocycles. The van der Waals surface area contributed by atoms with E-state index in [9.17, 15) is 9.59 Å². The van der Waals surface area contributed by atoms with Gasteiger partial charge in [-0.25, -0.2) is 0 Å². The molecule has 0 radical (unpaired) electrons. The van der Waals surface area contributed by atoms with E-state index in [4.69, 9.17) is 16.3 Å². The number of H-pyrrole nitrogens is 1. The molecule has 2 aliphatic rings. The summed E-state index contributed by atoms with van der Waals surface area (Å²) in [6, 6.07) is 9.09. The molecule has 2 fully saturated rings. The van der Waals surface area contributed by atoms with Crippen molar-refractivity contribution in [2.75, 3.05) is 59.0 Å². The molecule has 0 bridgehead atoms. The third-order valence-electron chi connectivity index (χ3n) is 5.31. The van der Waals surface area contributed by atoms with E-state index in [0.29, 0.717) is 62.3 Å². The fourth-order valence-corrected chi connectivity index (χ4v) is 3.80. The number of hydrogen-bond donors (Lipinski definition) is 1. The molecular weight excluding hydrogens is 394 g/mol. The molecule has 2 saturated heterocycles. The van der Waals surface area contributed by atoms with Gasteiger partial charge in [0.25, 0.3) is 5.91 Å². The number of nitrogens with one attached hydrogen (secondary N) is 1. The molecule has 0 atom stereocenters. The number of carbonyl (C=O) groups is 2. The number of halogens is 1. The van der Waals surface area contributed by atoms with Gasteiger partial charge in [-0.15, -0.1) is 0 Å². The van der Waals surface area contributed by atoms with E-state index in [1.54, 1.807) is 17.0 Å². The Balaban J connectivity index is 1.31. The van der Waals surface area contributed by atoms with Gasteiger partial charge < -0.3 is 14.5 Å². The molecular formula is C20H24ClN5O3. The molecule has 0 saturated carbocycles. The zero-order valence-electron chi connectivity index (χ0n) is 16.1. The number of nitrogens with zero attached hydrogens (tertiary/aromatic N) is 4. The molecule has 4 rings (SSSR count). The highest BCUT2D eigenvalue weighted by Crippen LogP contribution is 2.22. The summed E-state index contributed by atoms with van der Waals surface area (Å²) in [5.74, 6) is 0.00911. The zero-order chi connectivity index (χ0) is 20.2. The van der Waals surface area contributed by atoms with E-state index in [1.165, 1.54) is 0 Å². The lowest BCUT2D eigenvalue weighted by Gasteiger charge is -2.36. The lowest BCUT2D eigenvalue weighted by molar-refractivity contribution is -0.134. The van der Waals surface area contributed by atoms with E-state index in [-0.39, 0.29) is 11.8 Å². The number of benzene rings is 1. The molecule has 154 valence electrons. The van der Waals surface area contributed by atoms with Crippen molar-refractivity contribution in [2.24, 2.45) is 0 Å². The second kappa shape index (κ2) is 8.94. The largest absolute Gasteiger partial charge is 0.379 e. The van der Waals surface area contributed by atoms with E-state index in [0.717, 1.165) is 18.7 Å². The highest BCUT2D eigenvalue weighted by atomic mass is 35.5. The lowest BCUT2D eigenvalue weighted by Crippen LogP contribution is -2.53. The molecule has 1 aromatic heterocycles. The van der Waals surface area contributed by atoms with E-state index < -0.39 is 0 Å². The van der Waals surface area contributed by atoms with Crippen molar-refractivity contribution in [1.29, 1.82) is 0 Å². The van der Waals surface area contributed by atoms with Gasteiger partial charge in [0.1, 0.15) is 5.69 Å². The SMILES string of the molecule is O=C(CN1CCOCC1)N1CCN(C(=O)c2cc(-c3cccc(Cl)c3)n[nH]2)CC1. The van der Waals surface area contributed by atoms with Crippen LogP contribution in [0, 0.1) is 0 Å². The van der Waals surface area contributed by atoms with Gasteiger partial charge in [0.2, 0.25) is 5.91 Å². The van der Waals surface area contributed by atoms with Crippen molar-refractivity contribution >= 4 is 23.4 Å². The van der Waals surface area contributed by atoms with Crippen molar-refractivity contribution in [2.45, 2.75) is 0 Å². The molecule has 0 aliphatic carbocycles. The third kappa shape index (κ3) is 4.77. The summed E-state index contributed by atoms with van der Waals surface area (Å²) in [6.07, 6.45) is 0. The molecule has 3 heterocycles. The molecule has 0 unspecified atom stereocenters. The second-order valence-corrected chi connectivity index (χ2v) is 7.68. The number of morpholine rings is 1. The maximum absolute atomic E-state index is 12.8. The third-order valence-corrected chi connectivity index (χ3v) is 5.55. The first-order valence-electron chi connectivity index (χ1n) is 9.78. The number of ether oxygens (including phenoxy) is 1. The predicted octanol–water partition coefficient (Wildman–Crippen LogP) is 1.35. The first-order chi connectivity index (χ1) is 14.1. The topological polar surface area (TPSA) is 81.8 Å². The normalized spacial score (nSPS) is 18.1. The summed E-state index contributed by atoms with van der Waals surface area (Å²) in [4.78, 5) is 31.0. The van der Waals surface area contributed by atoms with Crippen molar-refractivity contribution in [1.82, 2.24) is 24.9 Å². The quantitative estimate of drug-likeness (QED) is 0.812. The molecule has 1 N–H and O–H groups in total. The number of rotatable bonds is 4. The molecule has 29 heavy (non-hydrogen) atoms. The summed E-state index contributed by atoms with van der Waals surface area (Å²) in [6.45, 7) is 5.47. The number of carbonyl (C=O) groups excluding carboxylic acids is 2. The minimum Gasteiger partial charge on any atom is -0.379 e. The summed E-state index contributed by atoms with van der Waals surface area (Å²) in [5, 5.41) is 7.69. The number of aromatic amines is 1. The molecule has 0 spiro atoms. The average molecular weight is 418 g/mol. The van der Waals surface area contributed by atoms with Crippen molar-refractivity contribution < 1.29 is 14.3 Å². The summed E-state index contributed by atoms with van der Waals surface area (Å²) in [5.41, 5.74) is 1.97. The maximum atomic E-state index is 12.8. The Kier molecular flexibility index (Phi) is 6.13. The van der Waals surface area contributed by atoms with Crippen LogP contribution in [0.1, 0.15) is 10.5 Å². The van der Waals surface area contributed by atoms with Crippen LogP contribution in [0.25, 0.3) is 11.3 Å². The number of aromatic nitrogens is 2. The fraction of sp³-hybridized carbons (Fsp3) is 0.450. The first-order valence-corrected chi connectivity index (χ1v) is 10.2. The van der Waals surface area contributed by atoms with Crippen LogP contribution < -0.4 is 0 Å². The Hall–Kier alpha value is -2.42. The number of piperazine rings is 1. The minimum absolute atomic E-state index is 0.106. The molecule has 2 amide bonds. The van der Waals surface area contributed by atoms with Gasteiger partial charge in [0.15, 0.2) is 0 Å². The van der Waals surface area contributed by atoms with Crippen LogP contribution in [-0.4, -0.2) is 95.7 Å². The van der Waals surface area contributed by atoms with Gasteiger partial charge in [-0.1, -0.05) is 23.7 Å². The Labute approximate surface area is 174 Å². The Morgan fingerprint density at radius 1 is 1.03 bits per heavy atom. The van der Waals surface area contributed by atoms with E-state index >= 15 is 0 Å². The maximum Gasteiger partial charge on any atom is 0.272 e. The highest BCUT2D eigenvalue weighted by Gasteiger charge is 2.27. The highest BCUT2D eigenvalue weighted by molar-refractivity contribution is 6.30. The molecule has 8 nitrogen and oxygen atoms in total. The lowest BCUT2D eigenvalue weighted by atomic mass is 10.1. The molecule has 9 heteroatoms. The summed E-state index contributed by atoms with van der Waals surface area (Å²) >= 11 is 6.03. The summed E-state index contributed by atoms with van der Waals surface area (Å²) in [7, 11) is 0. The molecule has 1 aromatic carbocycles. The van der Waals surface area contributed by atoms with Gasteiger partial charge in [0, 0.05) is 49.9 Å². The Bertz CT molecular complexity index is 873. The smallest absolute Gasteiger partial charge is 0.272 e. The Morgan fingerprint density at radius 2 is 1.76 bits per heavy atom. The zero-order valence-corrected chi connectivity index (χ0v) is 16.9. The van der Waals surface area contributed by atoms with Gasteiger partial charge in [-0.05, 0) is 18.2 Å². The van der Waals surface area contributed by atoms with E-state index in [2.05, 4.69) is 15.1 Å². The minimum atomic E-state index is -0.106. The fourth-order valence-electron chi connectivity index (χ4n) is 3.61. The van der Waals surface area contributed by atoms with Gasteiger partial charge in [-0.2, -0.15) is 5.10 Å². The van der Waals surface area contributed by atoms with Crippen LogP contribution in [0.15, 0.2) is 30.3 Å². The summed E-state index contributed by atoms with van der Waals surface area (Å²) < 4.78 is 5.32. The van der Waals surface area contributed by atoms with Gasteiger partial charge in [0.05, 0.1) is 25.5 Å². The van der Waals surface area contributed by atoms with Crippen LogP contribution in [0.3, 0.4) is 0 Å². The van der Waals surface area contributed by atoms with Crippen LogP contribution in [0.4, 0.5) is 0 Å². The van der Waals surface area contributed by atoms with Crippen molar-refractivity contribution in [3.8, 4) is 11.3 Å². The van der Waals surface area contributed by atoms with Crippen molar-refractivity contribution in [3.05, 3.63) is 41.0 Å². The van der Waals surface area contributed by atoms with Crippen LogP contribution in [0.5, 0.6) is 0 Å². The second-order valence-electron chi connectivity index (χ2n) is 7.24. The average Bonchev–Trinajstić information content (AvgIpc) is 3.24. The van der Waals surface area contributed by atoms with Crippen LogP contribution in [-0.2, 0) is 9.53 Å². The van der Waals surface area contributed by atoms with Crippen molar-refractivity contribution in [3.63, 3.8) is 0 Å². The number of hydrogen-bond acceptors (Lipinski definition) is 5. The first kappa shape index (κ1) is 19.9.